The van der Waals surface area contributed by atoms with Crippen molar-refractivity contribution in [1.29, 1.82) is 5.41 Å². The first-order chi connectivity index (χ1) is 15.9. The fourth-order valence-electron chi connectivity index (χ4n) is 4.02. The van der Waals surface area contributed by atoms with Gasteiger partial charge in [-0.3, -0.25) is 0 Å². The van der Waals surface area contributed by atoms with Crippen molar-refractivity contribution in [3.05, 3.63) is 35.2 Å². The molecule has 4 aromatic rings. The monoisotopic (exact) mass is 446 g/mol. The minimum absolute atomic E-state index is 0.353. The number of anilines is 1. The summed E-state index contributed by atoms with van der Waals surface area (Å²) >= 11 is 0. The number of nitrogens with zero attached hydrogens (tertiary/aromatic N) is 4. The zero-order chi connectivity index (χ0) is 23.3. The lowest BCUT2D eigenvalue weighted by Crippen LogP contribution is -2.18. The minimum atomic E-state index is 0.353. The highest BCUT2D eigenvalue weighted by atomic mass is 16.5. The summed E-state index contributed by atoms with van der Waals surface area (Å²) in [6, 6.07) is 1.93. The van der Waals surface area contributed by atoms with E-state index in [1.165, 1.54) is 0 Å². The Hall–Kier alpha value is -3.95. The first-order valence-corrected chi connectivity index (χ1v) is 10.8. The lowest BCUT2D eigenvalue weighted by atomic mass is 10.1. The number of aromatic amines is 1. The number of hydrogen-bond acceptors (Lipinski definition) is 9. The van der Waals surface area contributed by atoms with Crippen LogP contribution in [0.3, 0.4) is 0 Å². The number of pyridine rings is 1. The van der Waals surface area contributed by atoms with Gasteiger partial charge in [-0.2, -0.15) is 0 Å². The molecule has 1 aliphatic rings. The van der Waals surface area contributed by atoms with Crippen LogP contribution in [-0.4, -0.2) is 45.0 Å². The molecule has 4 heterocycles. The minimum Gasteiger partial charge on any atom is -0.494 e. The smallest absolute Gasteiger partial charge is 0.146 e. The zero-order valence-electron chi connectivity index (χ0n) is 19.3. The molecule has 1 fully saturated rings. The van der Waals surface area contributed by atoms with E-state index in [9.17, 15) is 0 Å². The van der Waals surface area contributed by atoms with Crippen molar-refractivity contribution < 1.29 is 9.26 Å². The fraction of sp³-hybridized carbons (Fsp3) is 0.348. The van der Waals surface area contributed by atoms with Crippen LogP contribution >= 0.6 is 0 Å². The molecular weight excluding hydrogens is 420 g/mol. The highest BCUT2D eigenvalue weighted by Crippen LogP contribution is 2.38. The molecule has 0 atom stereocenters. The number of ether oxygens (including phenoxy) is 1. The largest absolute Gasteiger partial charge is 0.494 e. The van der Waals surface area contributed by atoms with Crippen molar-refractivity contribution in [3.63, 3.8) is 0 Å². The number of hydrogen-bond donors (Lipinski definition) is 4. The van der Waals surface area contributed by atoms with Gasteiger partial charge in [0, 0.05) is 24.1 Å². The van der Waals surface area contributed by atoms with Gasteiger partial charge in [0.2, 0.25) is 0 Å². The Labute approximate surface area is 190 Å². The molecular formula is C23H26N8O2. The van der Waals surface area contributed by atoms with Crippen LogP contribution in [0, 0.1) is 32.1 Å². The van der Waals surface area contributed by atoms with Crippen LogP contribution < -0.4 is 15.4 Å². The summed E-state index contributed by atoms with van der Waals surface area (Å²) in [6.07, 6.45) is 3.97. The second-order valence-corrected chi connectivity index (χ2v) is 8.27. The van der Waals surface area contributed by atoms with E-state index in [0.29, 0.717) is 57.6 Å². The summed E-state index contributed by atoms with van der Waals surface area (Å²) in [7, 11) is 3.43. The van der Waals surface area contributed by atoms with Gasteiger partial charge in [-0.1, -0.05) is 5.16 Å². The molecule has 0 amide bonds. The molecule has 0 unspecified atom stereocenters. The third-order valence-electron chi connectivity index (χ3n) is 5.84. The number of aryl methyl sites for hydroxylation is 3. The average Bonchev–Trinajstić information content (AvgIpc) is 3.51. The van der Waals surface area contributed by atoms with Gasteiger partial charge in [0.05, 0.1) is 23.8 Å². The van der Waals surface area contributed by atoms with Crippen molar-refractivity contribution in [2.24, 2.45) is 5.92 Å². The van der Waals surface area contributed by atoms with E-state index in [0.717, 1.165) is 34.9 Å². The topological polar surface area (TPSA) is 138 Å². The molecule has 4 aromatic heterocycles. The molecule has 0 spiro atoms. The molecule has 4 N–H and O–H groups in total. The highest BCUT2D eigenvalue weighted by molar-refractivity contribution is 6.11. The normalized spacial score (nSPS) is 14.2. The maximum atomic E-state index is 8.26. The summed E-state index contributed by atoms with van der Waals surface area (Å²) in [4.78, 5) is 17.4. The van der Waals surface area contributed by atoms with Crippen molar-refractivity contribution >= 4 is 33.6 Å². The van der Waals surface area contributed by atoms with Gasteiger partial charge >= 0.3 is 0 Å². The number of nitrogens with one attached hydrogen (secondary N) is 4. The van der Waals surface area contributed by atoms with E-state index >= 15 is 0 Å². The Kier molecular flexibility index (Phi) is 4.99. The fourth-order valence-corrected chi connectivity index (χ4v) is 4.02. The van der Waals surface area contributed by atoms with Crippen LogP contribution in [-0.2, 0) is 0 Å². The average molecular weight is 447 g/mol. The van der Waals surface area contributed by atoms with Crippen LogP contribution in [0.15, 0.2) is 22.5 Å². The van der Waals surface area contributed by atoms with Gasteiger partial charge in [-0.05, 0) is 45.8 Å². The van der Waals surface area contributed by atoms with Gasteiger partial charge in [0.25, 0.3) is 0 Å². The van der Waals surface area contributed by atoms with Gasteiger partial charge in [0.1, 0.15) is 46.0 Å². The third kappa shape index (κ3) is 3.67. The summed E-state index contributed by atoms with van der Waals surface area (Å²) in [5.41, 5.74) is 4.14. The van der Waals surface area contributed by atoms with Crippen LogP contribution in [0.2, 0.25) is 0 Å². The molecule has 1 saturated carbocycles. The maximum Gasteiger partial charge on any atom is 0.146 e. The summed E-state index contributed by atoms with van der Waals surface area (Å²) in [5, 5.41) is 20.4. The second kappa shape index (κ2) is 7.88. The van der Waals surface area contributed by atoms with E-state index in [1.807, 2.05) is 40.0 Å². The summed E-state index contributed by atoms with van der Waals surface area (Å²) in [5.74, 6) is 3.57. The number of H-pyrrole nitrogens is 1. The Morgan fingerprint density at radius 1 is 1.21 bits per heavy atom. The molecule has 0 bridgehead atoms. The second-order valence-electron chi connectivity index (χ2n) is 8.27. The highest BCUT2D eigenvalue weighted by Gasteiger charge is 2.26. The number of allylic oxidation sites excluding steroid dienone is 1. The van der Waals surface area contributed by atoms with Crippen LogP contribution in [0.25, 0.3) is 33.3 Å². The third-order valence-corrected chi connectivity index (χ3v) is 5.84. The molecule has 5 rings (SSSR count). The number of methoxy groups -OCH3 is 1. The molecule has 0 aromatic carbocycles. The van der Waals surface area contributed by atoms with E-state index in [-0.39, 0.29) is 0 Å². The van der Waals surface area contributed by atoms with Crippen LogP contribution in [0.1, 0.15) is 30.1 Å². The zero-order valence-corrected chi connectivity index (χ0v) is 19.3. The number of aromatic nitrogens is 5. The Balaban J connectivity index is 1.68. The van der Waals surface area contributed by atoms with E-state index in [2.05, 4.69) is 30.7 Å². The molecule has 0 saturated heterocycles. The molecule has 170 valence electrons. The van der Waals surface area contributed by atoms with Gasteiger partial charge in [-0.15, -0.1) is 0 Å². The van der Waals surface area contributed by atoms with E-state index in [1.54, 1.807) is 7.11 Å². The molecule has 1 aliphatic carbocycles. The Morgan fingerprint density at radius 2 is 2.00 bits per heavy atom. The summed E-state index contributed by atoms with van der Waals surface area (Å²) < 4.78 is 11.0. The van der Waals surface area contributed by atoms with Gasteiger partial charge in [-0.25, -0.2) is 15.0 Å². The van der Waals surface area contributed by atoms with Crippen molar-refractivity contribution in [3.8, 4) is 17.0 Å². The van der Waals surface area contributed by atoms with Gasteiger partial charge < -0.3 is 30.3 Å². The Morgan fingerprint density at radius 3 is 2.64 bits per heavy atom. The maximum absolute atomic E-state index is 8.26. The first-order valence-electron chi connectivity index (χ1n) is 10.8. The van der Waals surface area contributed by atoms with Crippen molar-refractivity contribution in [2.75, 3.05) is 19.5 Å². The molecule has 10 nitrogen and oxygen atoms in total. The van der Waals surface area contributed by atoms with Crippen molar-refractivity contribution in [1.82, 2.24) is 30.4 Å². The predicted molar refractivity (Wildman–Crippen MR) is 127 cm³/mol. The molecule has 10 heteroatoms. The number of rotatable bonds is 7. The van der Waals surface area contributed by atoms with E-state index in [4.69, 9.17) is 19.7 Å². The van der Waals surface area contributed by atoms with Crippen molar-refractivity contribution in [2.45, 2.75) is 33.6 Å². The molecule has 0 radical (unpaired) electrons. The predicted octanol–water partition coefficient (Wildman–Crippen LogP) is 4.00. The number of fused-ring (bicyclic) bond motifs is 3. The lowest BCUT2D eigenvalue weighted by molar-refractivity contribution is 0.393. The van der Waals surface area contributed by atoms with Crippen LogP contribution in [0.4, 0.5) is 5.82 Å². The van der Waals surface area contributed by atoms with Crippen LogP contribution in [0.5, 0.6) is 5.75 Å². The SMILES string of the molecule is CN/C(=C\C(=N)C1CC1)Nc1nc(C)nc2[nH]c3nc(-c4c(C)noc4C)c(OC)cc3c12. The Bertz CT molecular complexity index is 1410. The van der Waals surface area contributed by atoms with E-state index < -0.39 is 0 Å². The standard InChI is InChI=1S/C23H26N8O2/c1-10-18(11(2)33-31-10)20-16(32-5)8-14-19-22(26-12(3)27-23(19)30-21(14)29-20)28-17(25-4)9-15(24)13-6-7-13/h8-9,13,24-25H,6-7H2,1-5H3,(H2,26,27,28,29,30)/b17-9+,24-15?. The summed E-state index contributed by atoms with van der Waals surface area (Å²) in [6.45, 7) is 5.58. The first kappa shape index (κ1) is 20.9. The molecule has 0 aliphatic heterocycles. The molecule has 33 heavy (non-hydrogen) atoms. The lowest BCUT2D eigenvalue weighted by Gasteiger charge is -2.12. The quantitative estimate of drug-likeness (QED) is 0.313. The van der Waals surface area contributed by atoms with Gasteiger partial charge in [0.15, 0.2) is 0 Å².